The van der Waals surface area contributed by atoms with Crippen LogP contribution in [0.2, 0.25) is 10.0 Å². The van der Waals surface area contributed by atoms with Gasteiger partial charge in [-0.25, -0.2) is 4.98 Å². The van der Waals surface area contributed by atoms with Crippen molar-refractivity contribution in [3.63, 3.8) is 0 Å². The molecule has 244 valence electrons. The summed E-state index contributed by atoms with van der Waals surface area (Å²) in [5.41, 5.74) is 3.00. The summed E-state index contributed by atoms with van der Waals surface area (Å²) in [6.45, 7) is 4.66. The second kappa shape index (κ2) is 13.8. The van der Waals surface area contributed by atoms with Gasteiger partial charge < -0.3 is 19.3 Å². The Bertz CT molecular complexity index is 1670. The molecule has 0 radical (unpaired) electrons. The van der Waals surface area contributed by atoms with Gasteiger partial charge in [-0.05, 0) is 74.3 Å². The number of nitrogens with zero attached hydrogens (tertiary/aromatic N) is 5. The van der Waals surface area contributed by atoms with E-state index in [0.29, 0.717) is 41.2 Å². The van der Waals surface area contributed by atoms with Crippen LogP contribution in [0, 0.1) is 0 Å². The molecule has 2 aliphatic rings. The molecule has 2 aliphatic heterocycles. The number of imidazole rings is 1. The van der Waals surface area contributed by atoms with Crippen molar-refractivity contribution in [2.45, 2.75) is 37.6 Å². The first-order valence-corrected chi connectivity index (χ1v) is 16.3. The molecule has 4 aromatic rings. The minimum atomic E-state index is -4.68. The Hall–Kier alpha value is -3.31. The molecule has 6 rings (SSSR count). The van der Waals surface area contributed by atoms with E-state index >= 15 is 0 Å². The molecule has 2 fully saturated rings. The van der Waals surface area contributed by atoms with Crippen molar-refractivity contribution in [2.24, 2.45) is 0 Å². The standard InChI is InChI=1S/C34H36Cl2F3N5O2/c35-27-12-11-26(23-28(27)36)33(14-18-43(24-33)31(45)25-7-2-1-3-8-25)13-17-41-15-6-16-42(20-19-41)32-40-29-9-4-5-10-30(29)44(32)21-22-46-34(37,38)39/h1-5,7-12,23H,6,13-22,24H2. The minimum absolute atomic E-state index is 0.0245. The van der Waals surface area contributed by atoms with Crippen LogP contribution >= 0.6 is 23.2 Å². The number of para-hydroxylation sites is 2. The largest absolute Gasteiger partial charge is 0.522 e. The number of aromatic nitrogens is 2. The smallest absolute Gasteiger partial charge is 0.341 e. The van der Waals surface area contributed by atoms with Gasteiger partial charge in [-0.1, -0.05) is 59.6 Å². The summed E-state index contributed by atoms with van der Waals surface area (Å²) in [6, 6.07) is 22.6. The predicted octanol–water partition coefficient (Wildman–Crippen LogP) is 7.27. The summed E-state index contributed by atoms with van der Waals surface area (Å²) in [7, 11) is 0. The van der Waals surface area contributed by atoms with E-state index in [-0.39, 0.29) is 17.9 Å². The molecule has 12 heteroatoms. The van der Waals surface area contributed by atoms with Gasteiger partial charge in [0.1, 0.15) is 0 Å². The Morgan fingerprint density at radius 3 is 2.46 bits per heavy atom. The third-order valence-electron chi connectivity index (χ3n) is 9.19. The molecule has 0 N–H and O–H groups in total. The summed E-state index contributed by atoms with van der Waals surface area (Å²) in [5.74, 6) is 0.684. The van der Waals surface area contributed by atoms with Crippen molar-refractivity contribution in [1.29, 1.82) is 0 Å². The molecule has 7 nitrogen and oxygen atoms in total. The molecule has 2 saturated heterocycles. The Labute approximate surface area is 276 Å². The topological polar surface area (TPSA) is 53.8 Å². The van der Waals surface area contributed by atoms with Crippen molar-refractivity contribution in [1.82, 2.24) is 19.4 Å². The van der Waals surface area contributed by atoms with Crippen LogP contribution in [0.1, 0.15) is 35.2 Å². The second-order valence-corrected chi connectivity index (χ2v) is 12.8. The third-order valence-corrected chi connectivity index (χ3v) is 9.93. The first-order valence-electron chi connectivity index (χ1n) is 15.6. The number of rotatable bonds is 9. The maximum absolute atomic E-state index is 13.4. The van der Waals surface area contributed by atoms with E-state index in [2.05, 4.69) is 14.5 Å². The van der Waals surface area contributed by atoms with E-state index in [0.717, 1.165) is 62.0 Å². The molecule has 0 bridgehead atoms. The number of hydrogen-bond acceptors (Lipinski definition) is 5. The lowest BCUT2D eigenvalue weighted by molar-refractivity contribution is -0.325. The van der Waals surface area contributed by atoms with E-state index in [4.69, 9.17) is 28.2 Å². The Kier molecular flexibility index (Phi) is 9.80. The average Bonchev–Trinajstić information content (AvgIpc) is 3.56. The minimum Gasteiger partial charge on any atom is -0.341 e. The van der Waals surface area contributed by atoms with E-state index in [1.54, 1.807) is 0 Å². The second-order valence-electron chi connectivity index (χ2n) is 12.0. The molecule has 1 atom stereocenters. The molecule has 46 heavy (non-hydrogen) atoms. The maximum atomic E-state index is 13.4. The Balaban J connectivity index is 1.16. The van der Waals surface area contributed by atoms with Crippen LogP contribution in [0.3, 0.4) is 0 Å². The van der Waals surface area contributed by atoms with Gasteiger partial charge in [0.15, 0.2) is 0 Å². The van der Waals surface area contributed by atoms with Gasteiger partial charge >= 0.3 is 6.36 Å². The number of ether oxygens (including phenoxy) is 1. The van der Waals surface area contributed by atoms with Crippen LogP contribution in [0.25, 0.3) is 11.0 Å². The maximum Gasteiger partial charge on any atom is 0.522 e. The van der Waals surface area contributed by atoms with Crippen molar-refractivity contribution in [3.05, 3.63) is 94.0 Å². The number of hydrogen-bond donors (Lipinski definition) is 0. The summed E-state index contributed by atoms with van der Waals surface area (Å²) >= 11 is 12.8. The van der Waals surface area contributed by atoms with Gasteiger partial charge in [-0.15, -0.1) is 13.2 Å². The van der Waals surface area contributed by atoms with Gasteiger partial charge in [0.25, 0.3) is 5.91 Å². The highest BCUT2D eigenvalue weighted by Gasteiger charge is 2.42. The fraction of sp³-hybridized carbons (Fsp3) is 0.412. The van der Waals surface area contributed by atoms with Crippen molar-refractivity contribution < 1.29 is 22.7 Å². The number of alkyl halides is 3. The fourth-order valence-electron chi connectivity index (χ4n) is 6.76. The van der Waals surface area contributed by atoms with E-state index in [1.165, 1.54) is 0 Å². The van der Waals surface area contributed by atoms with Crippen LogP contribution in [-0.4, -0.2) is 84.0 Å². The van der Waals surface area contributed by atoms with Gasteiger partial charge in [-0.2, -0.15) is 0 Å². The van der Waals surface area contributed by atoms with Crippen molar-refractivity contribution >= 4 is 46.1 Å². The summed E-state index contributed by atoms with van der Waals surface area (Å²) in [5, 5.41) is 1.000. The molecule has 1 aromatic heterocycles. The van der Waals surface area contributed by atoms with E-state index < -0.39 is 13.0 Å². The van der Waals surface area contributed by atoms with Gasteiger partial charge in [0.05, 0.1) is 27.7 Å². The Morgan fingerprint density at radius 1 is 0.891 bits per heavy atom. The van der Waals surface area contributed by atoms with Crippen LogP contribution in [0.5, 0.6) is 0 Å². The molecule has 1 amide bonds. The summed E-state index contributed by atoms with van der Waals surface area (Å²) in [6.07, 6.45) is -2.16. The van der Waals surface area contributed by atoms with Gasteiger partial charge in [-0.3, -0.25) is 9.53 Å². The number of carbonyl (C=O) groups is 1. The highest BCUT2D eigenvalue weighted by atomic mass is 35.5. The molecule has 0 spiro atoms. The Morgan fingerprint density at radius 2 is 1.67 bits per heavy atom. The van der Waals surface area contributed by atoms with Crippen LogP contribution in [0.4, 0.5) is 19.1 Å². The SMILES string of the molecule is O=C(c1ccccc1)N1CCC(CCN2CCCN(c3nc4ccccc4n3CCOC(F)(F)F)CC2)(c2ccc(Cl)c(Cl)c2)C1. The monoisotopic (exact) mass is 673 g/mol. The zero-order chi connectivity index (χ0) is 32.3. The highest BCUT2D eigenvalue weighted by molar-refractivity contribution is 6.42. The summed E-state index contributed by atoms with van der Waals surface area (Å²) < 4.78 is 44.2. The number of amides is 1. The molecular formula is C34H36Cl2F3N5O2. The fourth-order valence-corrected chi connectivity index (χ4v) is 7.06. The third kappa shape index (κ3) is 7.30. The number of carbonyl (C=O) groups excluding carboxylic acids is 1. The van der Waals surface area contributed by atoms with Crippen molar-refractivity contribution in [2.75, 3.05) is 57.3 Å². The first-order chi connectivity index (χ1) is 22.1. The normalized spacial score (nSPS) is 19.6. The van der Waals surface area contributed by atoms with Gasteiger partial charge in [0, 0.05) is 50.2 Å². The number of likely N-dealkylation sites (tertiary alicyclic amines) is 1. The predicted molar refractivity (Wildman–Crippen MR) is 175 cm³/mol. The number of anilines is 1. The van der Waals surface area contributed by atoms with E-state index in [9.17, 15) is 18.0 Å². The molecular weight excluding hydrogens is 638 g/mol. The lowest BCUT2D eigenvalue weighted by Crippen LogP contribution is -2.39. The number of halogens is 5. The lowest BCUT2D eigenvalue weighted by atomic mass is 9.76. The molecule has 3 aromatic carbocycles. The van der Waals surface area contributed by atoms with Crippen LogP contribution < -0.4 is 4.90 Å². The van der Waals surface area contributed by atoms with Crippen LogP contribution in [-0.2, 0) is 16.7 Å². The van der Waals surface area contributed by atoms with Crippen molar-refractivity contribution in [3.8, 4) is 0 Å². The molecule has 0 saturated carbocycles. The number of fused-ring (bicyclic) bond motifs is 1. The van der Waals surface area contributed by atoms with Gasteiger partial charge in [0.2, 0.25) is 5.95 Å². The molecule has 0 aliphatic carbocycles. The number of benzene rings is 3. The highest BCUT2D eigenvalue weighted by Crippen LogP contribution is 2.41. The average molecular weight is 675 g/mol. The lowest BCUT2D eigenvalue weighted by Gasteiger charge is -2.33. The zero-order valence-electron chi connectivity index (χ0n) is 25.4. The summed E-state index contributed by atoms with van der Waals surface area (Å²) in [4.78, 5) is 24.8. The van der Waals surface area contributed by atoms with E-state index in [1.807, 2.05) is 82.3 Å². The van der Waals surface area contributed by atoms with Crippen LogP contribution in [0.15, 0.2) is 72.8 Å². The quantitative estimate of drug-likeness (QED) is 0.187. The molecule has 1 unspecified atom stereocenters. The zero-order valence-corrected chi connectivity index (χ0v) is 26.9. The first kappa shape index (κ1) is 32.6. The molecule has 3 heterocycles.